The second-order valence-corrected chi connectivity index (χ2v) is 7.28. The number of rotatable bonds is 7. The van der Waals surface area contributed by atoms with E-state index < -0.39 is 24.0 Å². The maximum absolute atomic E-state index is 12.5. The van der Waals surface area contributed by atoms with Crippen molar-refractivity contribution in [3.63, 3.8) is 0 Å². The molecule has 1 aliphatic carbocycles. The van der Waals surface area contributed by atoms with E-state index in [0.29, 0.717) is 36.2 Å². The Labute approximate surface area is 162 Å². The number of aliphatic carboxylic acids is 1. The molecule has 7 nitrogen and oxygen atoms in total. The maximum atomic E-state index is 12.5. The van der Waals surface area contributed by atoms with E-state index in [1.54, 1.807) is 13.0 Å². The third-order valence-corrected chi connectivity index (χ3v) is 5.04. The van der Waals surface area contributed by atoms with Gasteiger partial charge in [0.25, 0.3) is 5.91 Å². The molecule has 1 amide bonds. The second-order valence-electron chi connectivity index (χ2n) is 7.28. The van der Waals surface area contributed by atoms with Gasteiger partial charge in [0.05, 0.1) is 5.39 Å². The first-order valence-electron chi connectivity index (χ1n) is 9.60. The first-order chi connectivity index (χ1) is 13.3. The predicted molar refractivity (Wildman–Crippen MR) is 104 cm³/mol. The van der Waals surface area contributed by atoms with E-state index in [4.69, 9.17) is 9.15 Å². The quantitative estimate of drug-likeness (QED) is 0.708. The van der Waals surface area contributed by atoms with Crippen molar-refractivity contribution in [2.24, 2.45) is 0 Å². The first kappa shape index (κ1) is 19.9. The van der Waals surface area contributed by atoms with Crippen LogP contribution in [0, 0.1) is 6.92 Å². The highest BCUT2D eigenvalue weighted by molar-refractivity contribution is 5.90. The van der Waals surface area contributed by atoms with Crippen LogP contribution >= 0.6 is 0 Å². The molecule has 0 bridgehead atoms. The van der Waals surface area contributed by atoms with E-state index in [2.05, 4.69) is 5.32 Å². The summed E-state index contributed by atoms with van der Waals surface area (Å²) in [6.45, 7) is 5.29. The van der Waals surface area contributed by atoms with Crippen LogP contribution < -0.4 is 15.7 Å². The van der Waals surface area contributed by atoms with Gasteiger partial charge in [-0.15, -0.1) is 0 Å². The first-order valence-corrected chi connectivity index (χ1v) is 9.60. The van der Waals surface area contributed by atoms with Crippen LogP contribution in [0.5, 0.6) is 5.75 Å². The van der Waals surface area contributed by atoms with Gasteiger partial charge in [-0.25, -0.2) is 9.59 Å². The fourth-order valence-electron chi connectivity index (χ4n) is 3.68. The minimum absolute atomic E-state index is 0.314. The summed E-state index contributed by atoms with van der Waals surface area (Å²) in [7, 11) is 0. The predicted octanol–water partition coefficient (Wildman–Crippen LogP) is 2.73. The summed E-state index contributed by atoms with van der Waals surface area (Å²) in [5.41, 5.74) is 2.56. The third-order valence-electron chi connectivity index (χ3n) is 5.04. The molecule has 1 aliphatic rings. The summed E-state index contributed by atoms with van der Waals surface area (Å²) in [6, 6.07) is 2.65. The highest BCUT2D eigenvalue weighted by atomic mass is 16.5. The Bertz CT molecular complexity index is 977. The number of aryl methyl sites for hydroxylation is 2. The van der Waals surface area contributed by atoms with Crippen LogP contribution in [0.1, 0.15) is 49.8 Å². The molecule has 1 aromatic carbocycles. The van der Waals surface area contributed by atoms with Crippen molar-refractivity contribution in [2.75, 3.05) is 0 Å². The van der Waals surface area contributed by atoms with Gasteiger partial charge in [-0.3, -0.25) is 4.79 Å². The summed E-state index contributed by atoms with van der Waals surface area (Å²) in [4.78, 5) is 36.0. The van der Waals surface area contributed by atoms with E-state index in [1.807, 2.05) is 19.9 Å². The van der Waals surface area contributed by atoms with E-state index in [1.165, 1.54) is 0 Å². The summed E-state index contributed by atoms with van der Waals surface area (Å²) in [5, 5.41) is 12.5. The smallest absolute Gasteiger partial charge is 0.339 e. The SMILES string of the molecule is CCC[C@@H](NC(=O)[C@H](C)Oc1cc(C)cc2oc(=O)c3c(c12)CCC3)C(=O)O. The van der Waals surface area contributed by atoms with Crippen molar-refractivity contribution in [1.82, 2.24) is 5.32 Å². The van der Waals surface area contributed by atoms with Crippen molar-refractivity contribution in [1.29, 1.82) is 0 Å². The zero-order chi connectivity index (χ0) is 20.4. The monoisotopic (exact) mass is 387 g/mol. The second kappa shape index (κ2) is 8.04. The molecule has 2 N–H and O–H groups in total. The molecule has 0 aliphatic heterocycles. The van der Waals surface area contributed by atoms with Crippen LogP contribution in [-0.4, -0.2) is 29.1 Å². The zero-order valence-corrected chi connectivity index (χ0v) is 16.3. The minimum Gasteiger partial charge on any atom is -0.480 e. The molecule has 0 unspecified atom stereocenters. The Balaban J connectivity index is 1.91. The van der Waals surface area contributed by atoms with Crippen molar-refractivity contribution in [2.45, 2.75) is 65.0 Å². The van der Waals surface area contributed by atoms with Gasteiger partial charge < -0.3 is 19.6 Å². The Morgan fingerprint density at radius 2 is 2.00 bits per heavy atom. The molecule has 0 saturated carbocycles. The van der Waals surface area contributed by atoms with E-state index in [0.717, 1.165) is 29.4 Å². The standard InChI is InChI=1S/C21H25NO6/c1-4-6-15(20(24)25)22-19(23)12(3)27-16-9-11(2)10-17-18(16)13-7-5-8-14(13)21(26)28-17/h9-10,12,15H,4-8H2,1-3H3,(H,22,23)(H,24,25)/t12-,15+/m0/s1. The summed E-state index contributed by atoms with van der Waals surface area (Å²) < 4.78 is 11.4. The van der Waals surface area contributed by atoms with Crippen LogP contribution in [-0.2, 0) is 22.4 Å². The van der Waals surface area contributed by atoms with Crippen LogP contribution in [0.3, 0.4) is 0 Å². The Morgan fingerprint density at radius 1 is 1.29 bits per heavy atom. The molecule has 1 heterocycles. The van der Waals surface area contributed by atoms with Gasteiger partial charge in [0, 0.05) is 5.56 Å². The van der Waals surface area contributed by atoms with Gasteiger partial charge in [-0.1, -0.05) is 13.3 Å². The van der Waals surface area contributed by atoms with E-state index in [9.17, 15) is 19.5 Å². The van der Waals surface area contributed by atoms with Gasteiger partial charge in [0.2, 0.25) is 0 Å². The zero-order valence-electron chi connectivity index (χ0n) is 16.3. The molecule has 0 radical (unpaired) electrons. The van der Waals surface area contributed by atoms with E-state index >= 15 is 0 Å². The number of carboxylic acids is 1. The van der Waals surface area contributed by atoms with Crippen molar-refractivity contribution in [3.05, 3.63) is 39.2 Å². The summed E-state index contributed by atoms with van der Waals surface area (Å²) >= 11 is 0. The van der Waals surface area contributed by atoms with Crippen LogP contribution in [0.25, 0.3) is 11.0 Å². The fraction of sp³-hybridized carbons (Fsp3) is 0.476. The van der Waals surface area contributed by atoms with E-state index in [-0.39, 0.29) is 5.63 Å². The lowest BCUT2D eigenvalue weighted by molar-refractivity contribution is -0.143. The average molecular weight is 387 g/mol. The Hall–Kier alpha value is -2.83. The van der Waals surface area contributed by atoms with Crippen LogP contribution in [0.2, 0.25) is 0 Å². The molecule has 150 valence electrons. The molecular weight excluding hydrogens is 362 g/mol. The van der Waals surface area contributed by atoms with Crippen LogP contribution in [0.4, 0.5) is 0 Å². The van der Waals surface area contributed by atoms with Gasteiger partial charge in [-0.05, 0) is 62.8 Å². The fourth-order valence-corrected chi connectivity index (χ4v) is 3.68. The number of carbonyl (C=O) groups excluding carboxylic acids is 1. The molecule has 28 heavy (non-hydrogen) atoms. The van der Waals surface area contributed by atoms with Crippen molar-refractivity contribution >= 4 is 22.8 Å². The van der Waals surface area contributed by atoms with Crippen molar-refractivity contribution in [3.8, 4) is 5.75 Å². The van der Waals surface area contributed by atoms with Crippen molar-refractivity contribution < 1.29 is 23.8 Å². The van der Waals surface area contributed by atoms with Crippen LogP contribution in [0.15, 0.2) is 21.3 Å². The lowest BCUT2D eigenvalue weighted by Crippen LogP contribution is -2.46. The maximum Gasteiger partial charge on any atom is 0.339 e. The molecular formula is C21H25NO6. The summed E-state index contributed by atoms with van der Waals surface area (Å²) in [5.74, 6) is -1.09. The molecule has 0 fully saturated rings. The molecule has 0 spiro atoms. The topological polar surface area (TPSA) is 106 Å². The Morgan fingerprint density at radius 3 is 2.68 bits per heavy atom. The highest BCUT2D eigenvalue weighted by Gasteiger charge is 2.26. The lowest BCUT2D eigenvalue weighted by atomic mass is 10.0. The Kier molecular flexibility index (Phi) is 5.72. The van der Waals surface area contributed by atoms with Gasteiger partial charge in [-0.2, -0.15) is 0 Å². The molecule has 2 atom stereocenters. The normalized spacial score (nSPS) is 15.1. The minimum atomic E-state index is -1.07. The number of ether oxygens (including phenoxy) is 1. The number of hydrogen-bond donors (Lipinski definition) is 2. The van der Waals surface area contributed by atoms with Gasteiger partial charge in [0.1, 0.15) is 17.4 Å². The largest absolute Gasteiger partial charge is 0.480 e. The number of nitrogens with one attached hydrogen (secondary N) is 1. The number of benzene rings is 1. The number of carbonyl (C=O) groups is 2. The van der Waals surface area contributed by atoms with Gasteiger partial charge in [0.15, 0.2) is 6.10 Å². The molecule has 3 rings (SSSR count). The number of hydrogen-bond acceptors (Lipinski definition) is 5. The molecule has 7 heteroatoms. The molecule has 1 aromatic heterocycles. The number of carboxylic acid groups (broad SMARTS) is 1. The third kappa shape index (κ3) is 3.88. The highest BCUT2D eigenvalue weighted by Crippen LogP contribution is 2.35. The average Bonchev–Trinajstić information content (AvgIpc) is 3.10. The van der Waals surface area contributed by atoms with Gasteiger partial charge >= 0.3 is 11.6 Å². The number of amides is 1. The summed E-state index contributed by atoms with van der Waals surface area (Å²) in [6.07, 6.45) is 2.40. The molecule has 0 saturated heterocycles. The number of fused-ring (bicyclic) bond motifs is 3. The molecule has 2 aromatic rings. The lowest BCUT2D eigenvalue weighted by Gasteiger charge is -2.20.